The summed E-state index contributed by atoms with van der Waals surface area (Å²) in [5.41, 5.74) is 0. The Bertz CT molecular complexity index is 148. The van der Waals surface area contributed by atoms with Crippen LogP contribution in [0.25, 0.3) is 0 Å². The van der Waals surface area contributed by atoms with Gasteiger partial charge in [-0.3, -0.25) is 0 Å². The summed E-state index contributed by atoms with van der Waals surface area (Å²) in [4.78, 5) is 0. The van der Waals surface area contributed by atoms with Crippen molar-refractivity contribution in [1.29, 1.82) is 0 Å². The van der Waals surface area contributed by atoms with Crippen LogP contribution in [0.2, 0.25) is 0 Å². The lowest BCUT2D eigenvalue weighted by Gasteiger charge is -1.98. The molecule has 0 radical (unpaired) electrons. The number of hydrogen-bond donors (Lipinski definition) is 2. The van der Waals surface area contributed by atoms with Gasteiger partial charge in [-0.15, -0.1) is 0 Å². The number of unbranched alkanes of at least 4 members (excludes halogenated alkanes) is 10. The van der Waals surface area contributed by atoms with E-state index in [1.54, 1.807) is 0 Å². The zero-order valence-corrected chi connectivity index (χ0v) is 11.9. The summed E-state index contributed by atoms with van der Waals surface area (Å²) < 4.78 is 0. The lowest BCUT2D eigenvalue weighted by atomic mass is 10.1. The molecule has 2 heteroatoms. The van der Waals surface area contributed by atoms with E-state index >= 15 is 0 Å². The van der Waals surface area contributed by atoms with Crippen molar-refractivity contribution < 1.29 is 10.2 Å². The summed E-state index contributed by atoms with van der Waals surface area (Å²) in [6, 6.07) is 0. The van der Waals surface area contributed by atoms with Gasteiger partial charge in [0.2, 0.25) is 0 Å². The van der Waals surface area contributed by atoms with Crippen molar-refractivity contribution in [3.05, 3.63) is 12.2 Å². The predicted molar refractivity (Wildman–Crippen MR) is 78.7 cm³/mol. The predicted octanol–water partition coefficient (Wildman–Crippen LogP) is 4.21. The molecule has 0 heterocycles. The smallest absolute Gasteiger partial charge is 0.0431 e. The molecule has 0 fully saturated rings. The molecule has 2 N–H and O–H groups in total. The lowest BCUT2D eigenvalue weighted by molar-refractivity contribution is 0.282. The second-order valence-corrected chi connectivity index (χ2v) is 5.03. The van der Waals surface area contributed by atoms with Crippen LogP contribution in [0, 0.1) is 0 Å². The van der Waals surface area contributed by atoms with Gasteiger partial charge in [-0.1, -0.05) is 50.7 Å². The second kappa shape index (κ2) is 16.7. The van der Waals surface area contributed by atoms with E-state index in [4.69, 9.17) is 10.2 Å². The molecule has 0 rings (SSSR count). The average Bonchev–Trinajstić information content (AvgIpc) is 2.39. The van der Waals surface area contributed by atoms with E-state index in [2.05, 4.69) is 12.2 Å². The Morgan fingerprint density at radius 2 is 0.778 bits per heavy atom. The van der Waals surface area contributed by atoms with E-state index in [-0.39, 0.29) is 0 Å². The molecular formula is C16H32O2. The van der Waals surface area contributed by atoms with Crippen LogP contribution in [-0.4, -0.2) is 23.4 Å². The second-order valence-electron chi connectivity index (χ2n) is 5.03. The molecule has 0 aliphatic rings. The molecule has 18 heavy (non-hydrogen) atoms. The minimum Gasteiger partial charge on any atom is -0.396 e. The van der Waals surface area contributed by atoms with Gasteiger partial charge in [-0.2, -0.15) is 0 Å². The summed E-state index contributed by atoms with van der Waals surface area (Å²) in [5, 5.41) is 17.3. The van der Waals surface area contributed by atoms with Gasteiger partial charge in [0.05, 0.1) is 0 Å². The Morgan fingerprint density at radius 3 is 1.17 bits per heavy atom. The first-order valence-corrected chi connectivity index (χ1v) is 7.78. The molecule has 0 aliphatic heterocycles. The average molecular weight is 256 g/mol. The highest BCUT2D eigenvalue weighted by molar-refractivity contribution is 4.81. The molecule has 108 valence electrons. The molecule has 2 nitrogen and oxygen atoms in total. The van der Waals surface area contributed by atoms with E-state index in [0.717, 1.165) is 12.8 Å². The summed E-state index contributed by atoms with van der Waals surface area (Å²) >= 11 is 0. The number of aliphatic hydroxyl groups is 2. The zero-order valence-electron chi connectivity index (χ0n) is 11.9. The quantitative estimate of drug-likeness (QED) is 0.361. The molecule has 0 amide bonds. The van der Waals surface area contributed by atoms with Crippen LogP contribution >= 0.6 is 0 Å². The maximum absolute atomic E-state index is 8.63. The Kier molecular flexibility index (Phi) is 16.3. The Labute approximate surface area is 113 Å². The highest BCUT2D eigenvalue weighted by atomic mass is 16.3. The molecular weight excluding hydrogens is 224 g/mol. The number of hydrogen-bond acceptors (Lipinski definition) is 2. The zero-order chi connectivity index (χ0) is 13.3. The molecule has 0 unspecified atom stereocenters. The van der Waals surface area contributed by atoms with Crippen molar-refractivity contribution in [3.63, 3.8) is 0 Å². The van der Waals surface area contributed by atoms with E-state index in [9.17, 15) is 0 Å². The normalized spacial score (nSPS) is 11.4. The van der Waals surface area contributed by atoms with E-state index < -0.39 is 0 Å². The molecule has 0 saturated carbocycles. The first kappa shape index (κ1) is 17.7. The van der Waals surface area contributed by atoms with Crippen molar-refractivity contribution in [2.45, 2.75) is 77.0 Å². The fourth-order valence-electron chi connectivity index (χ4n) is 2.04. The van der Waals surface area contributed by atoms with E-state index in [1.165, 1.54) is 64.2 Å². The van der Waals surface area contributed by atoms with Crippen LogP contribution in [-0.2, 0) is 0 Å². The van der Waals surface area contributed by atoms with Crippen LogP contribution in [0.5, 0.6) is 0 Å². The Morgan fingerprint density at radius 1 is 0.444 bits per heavy atom. The van der Waals surface area contributed by atoms with Gasteiger partial charge < -0.3 is 10.2 Å². The molecule has 0 aromatic carbocycles. The van der Waals surface area contributed by atoms with E-state index in [1.807, 2.05) is 0 Å². The Balaban J connectivity index is 3.00. The fourth-order valence-corrected chi connectivity index (χ4v) is 2.04. The molecule has 0 atom stereocenters. The van der Waals surface area contributed by atoms with Gasteiger partial charge >= 0.3 is 0 Å². The van der Waals surface area contributed by atoms with Gasteiger partial charge in [0.15, 0.2) is 0 Å². The number of rotatable bonds is 14. The van der Waals surface area contributed by atoms with Crippen LogP contribution in [0.4, 0.5) is 0 Å². The van der Waals surface area contributed by atoms with Crippen molar-refractivity contribution in [3.8, 4) is 0 Å². The van der Waals surface area contributed by atoms with Gasteiger partial charge in [-0.25, -0.2) is 0 Å². The van der Waals surface area contributed by atoms with Crippen LogP contribution in [0.15, 0.2) is 12.2 Å². The number of aliphatic hydroxyl groups excluding tert-OH is 2. The third-order valence-corrected chi connectivity index (χ3v) is 3.22. The summed E-state index contributed by atoms with van der Waals surface area (Å²) in [6.07, 6.45) is 19.0. The first-order chi connectivity index (χ1) is 8.91. The third-order valence-electron chi connectivity index (χ3n) is 3.22. The van der Waals surface area contributed by atoms with Crippen molar-refractivity contribution >= 4 is 0 Å². The maximum atomic E-state index is 8.63. The van der Waals surface area contributed by atoms with Crippen molar-refractivity contribution in [2.75, 3.05) is 13.2 Å². The fraction of sp³-hybridized carbons (Fsp3) is 0.875. The minimum absolute atomic E-state index is 0.345. The van der Waals surface area contributed by atoms with Crippen LogP contribution < -0.4 is 0 Å². The van der Waals surface area contributed by atoms with Crippen LogP contribution in [0.3, 0.4) is 0 Å². The topological polar surface area (TPSA) is 40.5 Å². The van der Waals surface area contributed by atoms with Gasteiger partial charge in [0.25, 0.3) is 0 Å². The molecule has 0 spiro atoms. The largest absolute Gasteiger partial charge is 0.396 e. The monoisotopic (exact) mass is 256 g/mol. The number of allylic oxidation sites excluding steroid dienone is 2. The molecule has 0 saturated heterocycles. The standard InChI is InChI=1S/C16H32O2/c17-15-13-11-9-7-5-3-1-2-4-6-8-10-12-14-16-18/h1-2,17-18H,3-16H2. The van der Waals surface area contributed by atoms with Gasteiger partial charge in [0, 0.05) is 13.2 Å². The Hall–Kier alpha value is -0.340. The maximum Gasteiger partial charge on any atom is 0.0431 e. The highest BCUT2D eigenvalue weighted by Crippen LogP contribution is 2.08. The third kappa shape index (κ3) is 15.7. The van der Waals surface area contributed by atoms with E-state index in [0.29, 0.717) is 13.2 Å². The molecule has 0 bridgehead atoms. The SMILES string of the molecule is OCCCCCCCC=CCCCCCCCO. The first-order valence-electron chi connectivity index (χ1n) is 7.78. The molecule has 0 aromatic heterocycles. The summed E-state index contributed by atoms with van der Waals surface area (Å²) in [7, 11) is 0. The van der Waals surface area contributed by atoms with Gasteiger partial charge in [0.1, 0.15) is 0 Å². The lowest BCUT2D eigenvalue weighted by Crippen LogP contribution is -1.83. The van der Waals surface area contributed by atoms with Crippen LogP contribution in [0.1, 0.15) is 77.0 Å². The van der Waals surface area contributed by atoms with Gasteiger partial charge in [-0.05, 0) is 38.5 Å². The molecule has 0 aromatic rings. The van der Waals surface area contributed by atoms with Crippen molar-refractivity contribution in [2.24, 2.45) is 0 Å². The molecule has 0 aliphatic carbocycles. The summed E-state index contributed by atoms with van der Waals surface area (Å²) in [5.74, 6) is 0. The van der Waals surface area contributed by atoms with Crippen molar-refractivity contribution in [1.82, 2.24) is 0 Å². The summed E-state index contributed by atoms with van der Waals surface area (Å²) in [6.45, 7) is 0.691. The highest BCUT2D eigenvalue weighted by Gasteiger charge is 1.90. The minimum atomic E-state index is 0.345.